The van der Waals surface area contributed by atoms with Gasteiger partial charge < -0.3 is 5.73 Å². The zero-order valence-electron chi connectivity index (χ0n) is 5.71. The summed E-state index contributed by atoms with van der Waals surface area (Å²) in [6.07, 6.45) is 3.50. The van der Waals surface area contributed by atoms with Crippen LogP contribution in [-0.2, 0) is 0 Å². The van der Waals surface area contributed by atoms with Gasteiger partial charge in [-0.3, -0.25) is 4.98 Å². The molecule has 0 saturated heterocycles. The minimum absolute atomic E-state index is 0.0445. The van der Waals surface area contributed by atoms with Crippen molar-refractivity contribution < 1.29 is 0 Å². The van der Waals surface area contributed by atoms with Gasteiger partial charge in [0.25, 0.3) is 0 Å². The van der Waals surface area contributed by atoms with Crippen molar-refractivity contribution >= 4 is 15.9 Å². The highest BCUT2D eigenvalue weighted by molar-refractivity contribution is 9.10. The minimum atomic E-state index is 0.0445. The van der Waals surface area contributed by atoms with Gasteiger partial charge in [-0.2, -0.15) is 0 Å². The van der Waals surface area contributed by atoms with E-state index in [4.69, 9.17) is 5.73 Å². The van der Waals surface area contributed by atoms with E-state index in [1.54, 1.807) is 12.4 Å². The van der Waals surface area contributed by atoms with Gasteiger partial charge in [0.1, 0.15) is 0 Å². The van der Waals surface area contributed by atoms with Crippen molar-refractivity contribution in [2.24, 2.45) is 5.73 Å². The normalized spacial score (nSPS) is 13.1. The number of aromatic nitrogens is 1. The summed E-state index contributed by atoms with van der Waals surface area (Å²) < 4.78 is 1.03. The lowest BCUT2D eigenvalue weighted by Gasteiger charge is -2.05. The summed E-state index contributed by atoms with van der Waals surface area (Å²) in [7, 11) is 0. The summed E-state index contributed by atoms with van der Waals surface area (Å²) >= 11 is 3.38. The summed E-state index contributed by atoms with van der Waals surface area (Å²) in [6.45, 7) is 1.93. The smallest absolute Gasteiger partial charge is 0.0326 e. The van der Waals surface area contributed by atoms with Crippen LogP contribution in [0.15, 0.2) is 22.9 Å². The summed E-state index contributed by atoms with van der Waals surface area (Å²) in [6, 6.07) is 1.93. The number of halogens is 1. The molecule has 1 unspecified atom stereocenters. The molecule has 3 heteroatoms. The summed E-state index contributed by atoms with van der Waals surface area (Å²) in [5, 5.41) is 0. The summed E-state index contributed by atoms with van der Waals surface area (Å²) in [4.78, 5) is 3.96. The molecule has 0 spiro atoms. The van der Waals surface area contributed by atoms with Crippen LogP contribution in [0.2, 0.25) is 0 Å². The number of nitrogens with two attached hydrogens (primary N) is 1. The van der Waals surface area contributed by atoms with Crippen molar-refractivity contribution in [2.45, 2.75) is 13.0 Å². The summed E-state index contributed by atoms with van der Waals surface area (Å²) in [5.74, 6) is 0. The Morgan fingerprint density at radius 1 is 1.70 bits per heavy atom. The van der Waals surface area contributed by atoms with Crippen LogP contribution in [0.25, 0.3) is 0 Å². The van der Waals surface area contributed by atoms with Crippen LogP contribution in [0.3, 0.4) is 0 Å². The van der Waals surface area contributed by atoms with Gasteiger partial charge in [-0.05, 0) is 13.0 Å². The van der Waals surface area contributed by atoms with Crippen molar-refractivity contribution in [2.75, 3.05) is 0 Å². The Balaban J connectivity index is 3.03. The van der Waals surface area contributed by atoms with Crippen LogP contribution < -0.4 is 5.73 Å². The molecule has 1 atom stereocenters. The highest BCUT2D eigenvalue weighted by Crippen LogP contribution is 2.19. The molecule has 54 valence electrons. The highest BCUT2D eigenvalue weighted by atomic mass is 79.9. The molecule has 0 aliphatic rings. The zero-order valence-corrected chi connectivity index (χ0v) is 7.30. The van der Waals surface area contributed by atoms with E-state index in [0.29, 0.717) is 0 Å². The molecule has 1 heterocycles. The molecule has 0 amide bonds. The molecule has 0 saturated carbocycles. The van der Waals surface area contributed by atoms with Crippen LogP contribution in [0.4, 0.5) is 0 Å². The Kier molecular flexibility index (Phi) is 2.40. The number of hydrogen-bond acceptors (Lipinski definition) is 2. The average Bonchev–Trinajstić information content (AvgIpc) is 1.88. The van der Waals surface area contributed by atoms with Crippen molar-refractivity contribution in [3.05, 3.63) is 28.5 Å². The molecule has 10 heavy (non-hydrogen) atoms. The maximum atomic E-state index is 5.64. The Bertz CT molecular complexity index is 223. The number of hydrogen-bond donors (Lipinski definition) is 1. The molecule has 2 N–H and O–H groups in total. The Hall–Kier alpha value is -0.410. The SMILES string of the molecule is CC(N)c1cnccc1Br. The van der Waals surface area contributed by atoms with Crippen molar-refractivity contribution in [1.82, 2.24) is 4.98 Å². The standard InChI is InChI=1S/C7H9BrN2/c1-5(9)6-4-10-3-2-7(6)8/h2-5H,9H2,1H3. The maximum Gasteiger partial charge on any atom is 0.0326 e. The van der Waals surface area contributed by atoms with Gasteiger partial charge in [-0.25, -0.2) is 0 Å². The highest BCUT2D eigenvalue weighted by Gasteiger charge is 2.02. The van der Waals surface area contributed by atoms with E-state index in [0.717, 1.165) is 10.0 Å². The lowest BCUT2D eigenvalue weighted by molar-refractivity contribution is 0.806. The first-order valence-electron chi connectivity index (χ1n) is 3.07. The van der Waals surface area contributed by atoms with Crippen LogP contribution >= 0.6 is 15.9 Å². The van der Waals surface area contributed by atoms with E-state index in [2.05, 4.69) is 20.9 Å². The van der Waals surface area contributed by atoms with E-state index in [-0.39, 0.29) is 6.04 Å². The van der Waals surface area contributed by atoms with Crippen LogP contribution in [0.1, 0.15) is 18.5 Å². The van der Waals surface area contributed by atoms with Crippen molar-refractivity contribution in [3.63, 3.8) is 0 Å². The van der Waals surface area contributed by atoms with Crippen LogP contribution in [0, 0.1) is 0 Å². The fraction of sp³-hybridized carbons (Fsp3) is 0.286. The molecular formula is C7H9BrN2. The molecule has 0 aromatic carbocycles. The predicted octanol–water partition coefficient (Wildman–Crippen LogP) is 1.86. The largest absolute Gasteiger partial charge is 0.324 e. The average molecular weight is 201 g/mol. The second-order valence-electron chi connectivity index (χ2n) is 2.19. The number of rotatable bonds is 1. The van der Waals surface area contributed by atoms with Crippen LogP contribution in [0.5, 0.6) is 0 Å². The number of nitrogens with zero attached hydrogens (tertiary/aromatic N) is 1. The van der Waals surface area contributed by atoms with E-state index >= 15 is 0 Å². The predicted molar refractivity (Wildman–Crippen MR) is 44.5 cm³/mol. The van der Waals surface area contributed by atoms with Gasteiger partial charge in [-0.15, -0.1) is 0 Å². The first-order chi connectivity index (χ1) is 4.72. The Morgan fingerprint density at radius 3 is 2.80 bits per heavy atom. The van der Waals surface area contributed by atoms with Gasteiger partial charge in [0, 0.05) is 28.5 Å². The van der Waals surface area contributed by atoms with E-state index in [9.17, 15) is 0 Å². The lowest BCUT2D eigenvalue weighted by Crippen LogP contribution is -2.05. The van der Waals surface area contributed by atoms with Crippen molar-refractivity contribution in [3.8, 4) is 0 Å². The van der Waals surface area contributed by atoms with Gasteiger partial charge in [-0.1, -0.05) is 15.9 Å². The summed E-state index contributed by atoms with van der Waals surface area (Å²) in [5.41, 5.74) is 6.69. The molecular weight excluding hydrogens is 192 g/mol. The van der Waals surface area contributed by atoms with Gasteiger partial charge >= 0.3 is 0 Å². The van der Waals surface area contributed by atoms with E-state index < -0.39 is 0 Å². The third-order valence-corrected chi connectivity index (χ3v) is 2.01. The molecule has 0 bridgehead atoms. The molecule has 0 aliphatic carbocycles. The molecule has 1 aromatic heterocycles. The quantitative estimate of drug-likeness (QED) is 0.753. The number of pyridine rings is 1. The maximum absolute atomic E-state index is 5.64. The van der Waals surface area contributed by atoms with Gasteiger partial charge in [0.05, 0.1) is 0 Å². The molecule has 1 aromatic rings. The van der Waals surface area contributed by atoms with Crippen LogP contribution in [-0.4, -0.2) is 4.98 Å². The molecule has 0 aliphatic heterocycles. The van der Waals surface area contributed by atoms with Gasteiger partial charge in [0.15, 0.2) is 0 Å². The fourth-order valence-corrected chi connectivity index (χ4v) is 1.31. The third-order valence-electron chi connectivity index (χ3n) is 1.29. The second kappa shape index (κ2) is 3.12. The first kappa shape index (κ1) is 7.69. The third kappa shape index (κ3) is 1.55. The van der Waals surface area contributed by atoms with Crippen molar-refractivity contribution in [1.29, 1.82) is 0 Å². The van der Waals surface area contributed by atoms with Gasteiger partial charge in [0.2, 0.25) is 0 Å². The topological polar surface area (TPSA) is 38.9 Å². The minimum Gasteiger partial charge on any atom is -0.324 e. The monoisotopic (exact) mass is 200 g/mol. The molecule has 0 fully saturated rings. The fourth-order valence-electron chi connectivity index (χ4n) is 0.725. The Labute approximate surface area is 68.6 Å². The Morgan fingerprint density at radius 2 is 2.40 bits per heavy atom. The lowest BCUT2D eigenvalue weighted by atomic mass is 10.2. The van der Waals surface area contributed by atoms with E-state index in [1.165, 1.54) is 0 Å². The zero-order chi connectivity index (χ0) is 7.56. The molecule has 1 rings (SSSR count). The molecule has 2 nitrogen and oxygen atoms in total. The first-order valence-corrected chi connectivity index (χ1v) is 3.86. The van der Waals surface area contributed by atoms with E-state index in [1.807, 2.05) is 13.0 Å². The second-order valence-corrected chi connectivity index (χ2v) is 3.04. The molecule has 0 radical (unpaired) electrons.